The molecule has 0 heterocycles. The minimum Gasteiger partial charge on any atom is -0.335 e. The molecular formula is C17H25FN4O2. The van der Waals surface area contributed by atoms with Gasteiger partial charge in [-0.15, -0.1) is 0 Å². The molecule has 1 fully saturated rings. The van der Waals surface area contributed by atoms with E-state index in [-0.39, 0.29) is 36.9 Å². The summed E-state index contributed by atoms with van der Waals surface area (Å²) in [6.45, 7) is 1.21. The Morgan fingerprint density at radius 3 is 2.54 bits per heavy atom. The summed E-state index contributed by atoms with van der Waals surface area (Å²) in [5, 5.41) is 5.34. The number of halogens is 1. The number of urea groups is 1. The van der Waals surface area contributed by atoms with Crippen LogP contribution in [0.3, 0.4) is 0 Å². The first kappa shape index (κ1) is 18.2. The molecule has 1 aromatic rings. The molecule has 0 spiro atoms. The predicted octanol–water partition coefficient (Wildman–Crippen LogP) is 1.18. The van der Waals surface area contributed by atoms with E-state index >= 15 is 0 Å². The number of carbonyl (C=O) groups is 2. The van der Waals surface area contributed by atoms with Crippen molar-refractivity contribution in [2.24, 2.45) is 0 Å². The van der Waals surface area contributed by atoms with Crippen LogP contribution in [0.15, 0.2) is 24.3 Å². The van der Waals surface area contributed by atoms with Gasteiger partial charge in [0, 0.05) is 31.2 Å². The van der Waals surface area contributed by atoms with E-state index in [1.807, 2.05) is 19.0 Å². The van der Waals surface area contributed by atoms with Crippen molar-refractivity contribution in [3.63, 3.8) is 0 Å². The van der Waals surface area contributed by atoms with Gasteiger partial charge < -0.3 is 20.4 Å². The van der Waals surface area contributed by atoms with Crippen LogP contribution in [-0.2, 0) is 11.3 Å². The highest BCUT2D eigenvalue weighted by Crippen LogP contribution is 2.18. The quantitative estimate of drug-likeness (QED) is 0.749. The Morgan fingerprint density at radius 2 is 1.92 bits per heavy atom. The van der Waals surface area contributed by atoms with Crippen molar-refractivity contribution in [3.05, 3.63) is 35.6 Å². The summed E-state index contributed by atoms with van der Waals surface area (Å²) in [5.41, 5.74) is 0.465. The Hall–Kier alpha value is -2.15. The second-order valence-electron chi connectivity index (χ2n) is 6.31. The number of hydrogen-bond donors (Lipinski definition) is 2. The minimum atomic E-state index is -0.334. The van der Waals surface area contributed by atoms with Crippen LogP contribution in [0, 0.1) is 5.82 Å². The Balaban J connectivity index is 1.91. The van der Waals surface area contributed by atoms with Crippen LogP contribution in [0.25, 0.3) is 0 Å². The molecule has 2 N–H and O–H groups in total. The highest BCUT2D eigenvalue weighted by molar-refractivity contribution is 5.84. The van der Waals surface area contributed by atoms with Crippen molar-refractivity contribution in [2.75, 3.05) is 33.7 Å². The summed E-state index contributed by atoms with van der Waals surface area (Å²) in [6.07, 6.45) is 1.98. The van der Waals surface area contributed by atoms with Crippen molar-refractivity contribution < 1.29 is 14.0 Å². The fraction of sp³-hybridized carbons (Fsp3) is 0.529. The number of carbonyl (C=O) groups excluding carboxylic acids is 2. The zero-order chi connectivity index (χ0) is 17.5. The van der Waals surface area contributed by atoms with Gasteiger partial charge in [0.25, 0.3) is 0 Å². The molecule has 0 bridgehead atoms. The standard InChI is InChI=1S/C17H25FN4O2/c1-21(2)9-10-22(12-13-5-3-4-6-15(13)18)16(23)11-19-17(24)20-14-7-8-14/h3-6,14H,7-12H2,1-2H3,(H2,19,20,24). The van der Waals surface area contributed by atoms with E-state index in [1.54, 1.807) is 23.1 Å². The van der Waals surface area contributed by atoms with Gasteiger partial charge in [0.05, 0.1) is 6.54 Å². The molecule has 2 rings (SSSR count). The fourth-order valence-corrected chi connectivity index (χ4v) is 2.18. The zero-order valence-corrected chi connectivity index (χ0v) is 14.2. The highest BCUT2D eigenvalue weighted by atomic mass is 19.1. The van der Waals surface area contributed by atoms with E-state index in [9.17, 15) is 14.0 Å². The molecule has 1 saturated carbocycles. The van der Waals surface area contributed by atoms with Crippen LogP contribution in [0.5, 0.6) is 0 Å². The molecule has 1 aliphatic carbocycles. The van der Waals surface area contributed by atoms with Gasteiger partial charge >= 0.3 is 6.03 Å². The maximum absolute atomic E-state index is 13.8. The van der Waals surface area contributed by atoms with Crippen LogP contribution >= 0.6 is 0 Å². The first-order valence-corrected chi connectivity index (χ1v) is 8.16. The third kappa shape index (κ3) is 6.16. The van der Waals surface area contributed by atoms with E-state index in [1.165, 1.54) is 6.07 Å². The molecule has 24 heavy (non-hydrogen) atoms. The van der Waals surface area contributed by atoms with E-state index in [4.69, 9.17) is 0 Å². The zero-order valence-electron chi connectivity index (χ0n) is 14.2. The average molecular weight is 336 g/mol. The van der Waals surface area contributed by atoms with Gasteiger partial charge in [0.15, 0.2) is 0 Å². The van der Waals surface area contributed by atoms with Gasteiger partial charge in [-0.25, -0.2) is 9.18 Å². The lowest BCUT2D eigenvalue weighted by atomic mass is 10.2. The topological polar surface area (TPSA) is 64.7 Å². The van der Waals surface area contributed by atoms with Crippen molar-refractivity contribution in [2.45, 2.75) is 25.4 Å². The molecule has 7 heteroatoms. The van der Waals surface area contributed by atoms with Crippen molar-refractivity contribution in [1.82, 2.24) is 20.4 Å². The second-order valence-corrected chi connectivity index (χ2v) is 6.31. The average Bonchev–Trinajstić information content (AvgIpc) is 3.34. The first-order chi connectivity index (χ1) is 11.5. The lowest BCUT2D eigenvalue weighted by Crippen LogP contribution is -2.45. The molecular weight excluding hydrogens is 311 g/mol. The molecule has 0 aliphatic heterocycles. The van der Waals surface area contributed by atoms with Gasteiger partial charge in [-0.05, 0) is 33.0 Å². The smallest absolute Gasteiger partial charge is 0.315 e. The Labute approximate surface area is 142 Å². The van der Waals surface area contributed by atoms with E-state index in [0.717, 1.165) is 12.8 Å². The molecule has 1 aliphatic rings. The number of nitrogens with one attached hydrogen (secondary N) is 2. The van der Waals surface area contributed by atoms with Crippen molar-refractivity contribution in [1.29, 1.82) is 0 Å². The van der Waals surface area contributed by atoms with E-state index in [0.29, 0.717) is 18.7 Å². The summed E-state index contributed by atoms with van der Waals surface area (Å²) in [5.74, 6) is -0.564. The van der Waals surface area contributed by atoms with Gasteiger partial charge in [0.2, 0.25) is 5.91 Å². The van der Waals surface area contributed by atoms with Crippen LogP contribution in [-0.4, -0.2) is 61.5 Å². The summed E-state index contributed by atoms with van der Waals surface area (Å²) in [7, 11) is 3.82. The summed E-state index contributed by atoms with van der Waals surface area (Å²) < 4.78 is 13.8. The van der Waals surface area contributed by atoms with E-state index < -0.39 is 0 Å². The lowest BCUT2D eigenvalue weighted by Gasteiger charge is -2.25. The van der Waals surface area contributed by atoms with Gasteiger partial charge in [-0.1, -0.05) is 18.2 Å². The summed E-state index contributed by atoms with van der Waals surface area (Å²) in [6, 6.07) is 6.32. The van der Waals surface area contributed by atoms with Crippen LogP contribution < -0.4 is 10.6 Å². The SMILES string of the molecule is CN(C)CCN(Cc1ccccc1F)C(=O)CNC(=O)NC1CC1. The third-order valence-corrected chi connectivity index (χ3v) is 3.80. The van der Waals surface area contributed by atoms with Crippen LogP contribution in [0.4, 0.5) is 9.18 Å². The van der Waals surface area contributed by atoms with Crippen molar-refractivity contribution in [3.8, 4) is 0 Å². The minimum absolute atomic E-state index is 0.0968. The summed E-state index contributed by atoms with van der Waals surface area (Å²) in [4.78, 5) is 27.6. The largest absolute Gasteiger partial charge is 0.335 e. The molecule has 0 saturated heterocycles. The monoisotopic (exact) mass is 336 g/mol. The second kappa shape index (κ2) is 8.63. The molecule has 3 amide bonds. The Bertz CT molecular complexity index is 575. The Morgan fingerprint density at radius 1 is 1.21 bits per heavy atom. The fourth-order valence-electron chi connectivity index (χ4n) is 2.18. The maximum Gasteiger partial charge on any atom is 0.315 e. The Kier molecular flexibility index (Phi) is 6.54. The molecule has 1 aromatic carbocycles. The molecule has 132 valence electrons. The highest BCUT2D eigenvalue weighted by Gasteiger charge is 2.23. The van der Waals surface area contributed by atoms with Gasteiger partial charge in [-0.2, -0.15) is 0 Å². The number of amides is 3. The number of likely N-dealkylation sites (N-methyl/N-ethyl adjacent to an activating group) is 1. The summed E-state index contributed by atoms with van der Waals surface area (Å²) >= 11 is 0. The van der Waals surface area contributed by atoms with E-state index in [2.05, 4.69) is 10.6 Å². The first-order valence-electron chi connectivity index (χ1n) is 8.16. The molecule has 0 radical (unpaired) electrons. The molecule has 0 aromatic heterocycles. The van der Waals surface area contributed by atoms with Gasteiger partial charge in [0.1, 0.15) is 5.82 Å². The lowest BCUT2D eigenvalue weighted by molar-refractivity contribution is -0.130. The van der Waals surface area contributed by atoms with Gasteiger partial charge in [-0.3, -0.25) is 4.79 Å². The molecule has 0 unspecified atom stereocenters. The normalized spacial score (nSPS) is 13.7. The van der Waals surface area contributed by atoms with Crippen LogP contribution in [0.2, 0.25) is 0 Å². The number of rotatable bonds is 8. The third-order valence-electron chi connectivity index (χ3n) is 3.80. The number of nitrogens with zero attached hydrogens (tertiary/aromatic N) is 2. The molecule has 6 nitrogen and oxygen atoms in total. The number of benzene rings is 1. The van der Waals surface area contributed by atoms with Crippen molar-refractivity contribution >= 4 is 11.9 Å². The predicted molar refractivity (Wildman–Crippen MR) is 89.9 cm³/mol. The maximum atomic E-state index is 13.8. The number of hydrogen-bond acceptors (Lipinski definition) is 3. The van der Waals surface area contributed by atoms with Crippen LogP contribution in [0.1, 0.15) is 18.4 Å². The molecule has 0 atom stereocenters.